The van der Waals surface area contributed by atoms with Gasteiger partial charge in [-0.2, -0.15) is 0 Å². The third-order valence-corrected chi connectivity index (χ3v) is 8.76. The molecule has 4 saturated heterocycles. The van der Waals surface area contributed by atoms with E-state index in [0.29, 0.717) is 65.1 Å². The molecular formula is C28H40N4O6. The van der Waals surface area contributed by atoms with Crippen LogP contribution in [-0.4, -0.2) is 102 Å². The van der Waals surface area contributed by atoms with Crippen LogP contribution in [0.2, 0.25) is 0 Å². The molecule has 10 nitrogen and oxygen atoms in total. The maximum absolute atomic E-state index is 13.9. The normalized spacial score (nSPS) is 32.4. The van der Waals surface area contributed by atoms with E-state index in [9.17, 15) is 19.5 Å². The Balaban J connectivity index is 1.34. The molecule has 2 unspecified atom stereocenters. The first kappa shape index (κ1) is 27.1. The van der Waals surface area contributed by atoms with Crippen LogP contribution >= 0.6 is 0 Å². The highest BCUT2D eigenvalue weighted by atomic mass is 16.5. The molecule has 4 aliphatic heterocycles. The fourth-order valence-electron chi connectivity index (χ4n) is 6.92. The highest BCUT2D eigenvalue weighted by molar-refractivity contribution is 5.99. The highest BCUT2D eigenvalue weighted by Gasteiger charge is 2.77. The Morgan fingerprint density at radius 3 is 2.55 bits per heavy atom. The monoisotopic (exact) mass is 528 g/mol. The van der Waals surface area contributed by atoms with Gasteiger partial charge in [-0.05, 0) is 38.2 Å². The highest BCUT2D eigenvalue weighted by Crippen LogP contribution is 2.63. The van der Waals surface area contributed by atoms with Crippen LogP contribution in [0, 0.1) is 11.8 Å². The number of nitrogens with zero attached hydrogens (tertiary/aromatic N) is 2. The SMILES string of the molecule is C[C@]12CCC3(O1)C(C(=O)NCCN1CCOCC1)N(CCCCO)C(=O)[C@@H]3[C@H]2C(=O)NCc1ccccc1. The lowest BCUT2D eigenvalue weighted by atomic mass is 9.66. The van der Waals surface area contributed by atoms with Crippen LogP contribution < -0.4 is 10.6 Å². The zero-order valence-corrected chi connectivity index (χ0v) is 22.2. The van der Waals surface area contributed by atoms with E-state index in [0.717, 1.165) is 18.7 Å². The molecule has 4 fully saturated rings. The Labute approximate surface area is 224 Å². The minimum absolute atomic E-state index is 0.0199. The molecule has 3 N–H and O–H groups in total. The van der Waals surface area contributed by atoms with Gasteiger partial charge in [0.05, 0.1) is 30.7 Å². The minimum atomic E-state index is -1.02. The molecule has 10 heteroatoms. The molecule has 1 spiro atoms. The predicted octanol–water partition coefficient (Wildman–Crippen LogP) is 0.288. The molecule has 4 heterocycles. The van der Waals surface area contributed by atoms with Crippen molar-refractivity contribution in [3.05, 3.63) is 35.9 Å². The number of hydrogen-bond acceptors (Lipinski definition) is 7. The number of nitrogens with one attached hydrogen (secondary N) is 2. The summed E-state index contributed by atoms with van der Waals surface area (Å²) in [5.41, 5.74) is -0.848. The van der Waals surface area contributed by atoms with Crippen molar-refractivity contribution < 1.29 is 29.0 Å². The number of carbonyl (C=O) groups excluding carboxylic acids is 3. The second-order valence-electron chi connectivity index (χ2n) is 11.1. The predicted molar refractivity (Wildman–Crippen MR) is 139 cm³/mol. The number of amides is 3. The molecule has 1 aromatic carbocycles. The zero-order valence-electron chi connectivity index (χ0n) is 22.2. The number of aliphatic hydroxyl groups is 1. The van der Waals surface area contributed by atoms with Gasteiger partial charge in [0.15, 0.2) is 0 Å². The molecule has 5 rings (SSSR count). The van der Waals surface area contributed by atoms with Gasteiger partial charge in [0.2, 0.25) is 17.7 Å². The van der Waals surface area contributed by atoms with Crippen LogP contribution in [0.4, 0.5) is 0 Å². The Morgan fingerprint density at radius 1 is 1.05 bits per heavy atom. The van der Waals surface area contributed by atoms with E-state index in [4.69, 9.17) is 9.47 Å². The largest absolute Gasteiger partial charge is 0.396 e. The molecular weight excluding hydrogens is 488 g/mol. The molecule has 208 valence electrons. The summed E-state index contributed by atoms with van der Waals surface area (Å²) in [6.45, 7) is 6.85. The van der Waals surface area contributed by atoms with Crippen molar-refractivity contribution in [1.82, 2.24) is 20.4 Å². The smallest absolute Gasteiger partial charge is 0.245 e. The van der Waals surface area contributed by atoms with E-state index in [1.807, 2.05) is 37.3 Å². The summed E-state index contributed by atoms with van der Waals surface area (Å²) in [7, 11) is 0. The van der Waals surface area contributed by atoms with Gasteiger partial charge in [-0.1, -0.05) is 30.3 Å². The number of aliphatic hydroxyl groups excluding tert-OH is 1. The topological polar surface area (TPSA) is 120 Å². The average molecular weight is 529 g/mol. The lowest BCUT2D eigenvalue weighted by molar-refractivity contribution is -0.146. The van der Waals surface area contributed by atoms with Crippen LogP contribution in [0.3, 0.4) is 0 Å². The second kappa shape index (κ2) is 11.3. The lowest BCUT2D eigenvalue weighted by Crippen LogP contribution is -2.56. The first-order chi connectivity index (χ1) is 18.4. The number of ether oxygens (including phenoxy) is 2. The van der Waals surface area contributed by atoms with Gasteiger partial charge >= 0.3 is 0 Å². The molecule has 1 aromatic rings. The van der Waals surface area contributed by atoms with Gasteiger partial charge in [-0.25, -0.2) is 0 Å². The summed E-state index contributed by atoms with van der Waals surface area (Å²) in [4.78, 5) is 45.1. The number of likely N-dealkylation sites (tertiary alicyclic amines) is 1. The van der Waals surface area contributed by atoms with Gasteiger partial charge in [-0.15, -0.1) is 0 Å². The zero-order chi connectivity index (χ0) is 26.8. The van der Waals surface area contributed by atoms with Crippen molar-refractivity contribution in [2.45, 2.75) is 56.4 Å². The van der Waals surface area contributed by atoms with Crippen molar-refractivity contribution in [3.63, 3.8) is 0 Å². The molecule has 38 heavy (non-hydrogen) atoms. The fraction of sp³-hybridized carbons (Fsp3) is 0.679. The van der Waals surface area contributed by atoms with Crippen molar-refractivity contribution in [3.8, 4) is 0 Å². The quantitative estimate of drug-likeness (QED) is 0.353. The van der Waals surface area contributed by atoms with E-state index in [2.05, 4.69) is 15.5 Å². The fourth-order valence-corrected chi connectivity index (χ4v) is 6.92. The van der Waals surface area contributed by atoms with Gasteiger partial charge in [0.1, 0.15) is 11.6 Å². The second-order valence-corrected chi connectivity index (χ2v) is 11.1. The third-order valence-electron chi connectivity index (χ3n) is 8.76. The maximum atomic E-state index is 13.9. The number of unbranched alkanes of at least 4 members (excludes halogenated alkanes) is 1. The Bertz CT molecular complexity index is 1020. The van der Waals surface area contributed by atoms with Crippen molar-refractivity contribution >= 4 is 17.7 Å². The summed E-state index contributed by atoms with van der Waals surface area (Å²) >= 11 is 0. The number of benzene rings is 1. The molecule has 2 bridgehead atoms. The summed E-state index contributed by atoms with van der Waals surface area (Å²) in [5, 5.41) is 15.4. The van der Waals surface area contributed by atoms with E-state index < -0.39 is 29.1 Å². The van der Waals surface area contributed by atoms with Crippen LogP contribution in [0.5, 0.6) is 0 Å². The Kier molecular flexibility index (Phi) is 8.04. The van der Waals surface area contributed by atoms with Gasteiger partial charge in [0, 0.05) is 45.9 Å². The Morgan fingerprint density at radius 2 is 1.82 bits per heavy atom. The average Bonchev–Trinajstić information content (AvgIpc) is 3.49. The van der Waals surface area contributed by atoms with Gasteiger partial charge in [0.25, 0.3) is 0 Å². The van der Waals surface area contributed by atoms with Crippen molar-refractivity contribution in [2.75, 3.05) is 52.5 Å². The molecule has 0 aromatic heterocycles. The minimum Gasteiger partial charge on any atom is -0.396 e. The third kappa shape index (κ3) is 4.95. The van der Waals surface area contributed by atoms with Crippen molar-refractivity contribution in [2.24, 2.45) is 11.8 Å². The molecule has 0 saturated carbocycles. The number of carbonyl (C=O) groups is 3. The lowest BCUT2D eigenvalue weighted by Gasteiger charge is -2.34. The number of rotatable bonds is 11. The molecule has 0 aliphatic carbocycles. The summed E-state index contributed by atoms with van der Waals surface area (Å²) in [6, 6.07) is 8.87. The van der Waals surface area contributed by atoms with Crippen LogP contribution in [0.25, 0.3) is 0 Å². The van der Waals surface area contributed by atoms with E-state index in [-0.39, 0.29) is 24.3 Å². The summed E-state index contributed by atoms with van der Waals surface area (Å²) < 4.78 is 12.0. The van der Waals surface area contributed by atoms with Crippen molar-refractivity contribution in [1.29, 1.82) is 0 Å². The van der Waals surface area contributed by atoms with Crippen LogP contribution in [0.15, 0.2) is 30.3 Å². The number of fused-ring (bicyclic) bond motifs is 1. The van der Waals surface area contributed by atoms with E-state index in [1.165, 1.54) is 0 Å². The Hall–Kier alpha value is -2.53. The summed E-state index contributed by atoms with van der Waals surface area (Å²) in [6.07, 6.45) is 2.28. The molecule has 5 atom stereocenters. The first-order valence-electron chi connectivity index (χ1n) is 13.9. The number of hydrogen-bond donors (Lipinski definition) is 3. The van der Waals surface area contributed by atoms with Gasteiger partial charge in [-0.3, -0.25) is 19.3 Å². The van der Waals surface area contributed by atoms with E-state index in [1.54, 1.807) is 4.90 Å². The maximum Gasteiger partial charge on any atom is 0.245 e. The van der Waals surface area contributed by atoms with E-state index >= 15 is 0 Å². The number of morpholine rings is 1. The van der Waals surface area contributed by atoms with Gasteiger partial charge < -0.3 is 30.1 Å². The molecule has 3 amide bonds. The first-order valence-corrected chi connectivity index (χ1v) is 13.9. The molecule has 4 aliphatic rings. The van der Waals surface area contributed by atoms with Crippen LogP contribution in [-0.2, 0) is 30.4 Å². The molecule has 0 radical (unpaired) electrons. The summed E-state index contributed by atoms with van der Waals surface area (Å²) in [5.74, 6) is -2.01. The van der Waals surface area contributed by atoms with Crippen LogP contribution in [0.1, 0.15) is 38.2 Å². The standard InChI is InChI=1S/C28H40N4O6/c1-27-9-10-28(38-27)22(21(27)24(34)30-19-20-7-3-2-4-8-20)26(36)32(12-5-6-16-33)23(28)25(35)29-11-13-31-14-17-37-18-15-31/h2-4,7-8,21-23,33H,5-6,9-19H2,1H3,(H,29,35)(H,30,34)/t21-,22-,23?,27+,28?/m0/s1.